The van der Waals surface area contributed by atoms with Crippen molar-refractivity contribution < 1.29 is 14.0 Å². The monoisotopic (exact) mass is 459 g/mol. The molecule has 2 aromatic heterocycles. The van der Waals surface area contributed by atoms with E-state index >= 15 is 0 Å². The van der Waals surface area contributed by atoms with Crippen molar-refractivity contribution in [2.45, 2.75) is 0 Å². The summed E-state index contributed by atoms with van der Waals surface area (Å²) in [7, 11) is 0. The maximum atomic E-state index is 13.1. The van der Waals surface area contributed by atoms with Gasteiger partial charge in [-0.2, -0.15) is 0 Å². The molecule has 2 heterocycles. The number of ketones is 2. The summed E-state index contributed by atoms with van der Waals surface area (Å²) < 4.78 is 14.0. The second-order valence-electron chi connectivity index (χ2n) is 6.37. The summed E-state index contributed by atoms with van der Waals surface area (Å²) in [4.78, 5) is 31.5. The minimum Gasteiger partial charge on any atom is -0.288 e. The third-order valence-electron chi connectivity index (χ3n) is 4.53. The number of halogens is 3. The minimum absolute atomic E-state index is 0.0889. The van der Waals surface area contributed by atoms with Crippen LogP contribution in [-0.4, -0.2) is 16.6 Å². The Balaban J connectivity index is 1.51. The molecule has 1 aliphatic carbocycles. The summed E-state index contributed by atoms with van der Waals surface area (Å²) in [5, 5.41) is 1.26. The van der Waals surface area contributed by atoms with E-state index in [2.05, 4.69) is 4.98 Å². The molecule has 0 unspecified atom stereocenters. The first-order valence-corrected chi connectivity index (χ1v) is 10.8. The lowest BCUT2D eigenvalue weighted by molar-refractivity contribution is 0.0990. The highest BCUT2D eigenvalue weighted by Crippen LogP contribution is 2.38. The van der Waals surface area contributed by atoms with Crippen LogP contribution in [0.1, 0.15) is 25.6 Å². The van der Waals surface area contributed by atoms with Crippen LogP contribution in [0.15, 0.2) is 48.0 Å². The summed E-state index contributed by atoms with van der Waals surface area (Å²) >= 11 is 14.8. The van der Waals surface area contributed by atoms with E-state index in [1.165, 1.54) is 46.9 Å². The molecule has 0 radical (unpaired) electrons. The maximum Gasteiger partial charge on any atom is 0.197 e. The van der Waals surface area contributed by atoms with Crippen LogP contribution >= 0.6 is 45.9 Å². The molecule has 142 valence electrons. The molecule has 29 heavy (non-hydrogen) atoms. The molecule has 3 nitrogen and oxygen atoms in total. The molecule has 0 fully saturated rings. The number of carbonyl (C=O) groups excluding carboxylic acids is 2. The number of fused-ring (bicyclic) bond motifs is 2. The van der Waals surface area contributed by atoms with Crippen LogP contribution in [0.3, 0.4) is 0 Å². The highest BCUT2D eigenvalue weighted by Gasteiger charge is 2.34. The smallest absolute Gasteiger partial charge is 0.197 e. The molecule has 0 atom stereocenters. The number of Topliss-reactive ketones (excluding diaryl/α,β-unsaturated/α-hetero) is 2. The number of allylic oxidation sites excluding steroid dienone is 1. The number of rotatable bonds is 2. The van der Waals surface area contributed by atoms with E-state index in [0.29, 0.717) is 0 Å². The zero-order chi connectivity index (χ0) is 20.3. The third-order valence-corrected chi connectivity index (χ3v) is 7.40. The van der Waals surface area contributed by atoms with Gasteiger partial charge in [0, 0.05) is 21.6 Å². The average molecular weight is 460 g/mol. The number of thiophene rings is 1. The van der Waals surface area contributed by atoms with Gasteiger partial charge in [0.05, 0.1) is 20.3 Å². The number of thiazole rings is 1. The molecule has 0 aliphatic heterocycles. The zero-order valence-electron chi connectivity index (χ0n) is 14.3. The first-order chi connectivity index (χ1) is 13.9. The Morgan fingerprint density at radius 3 is 2.10 bits per heavy atom. The topological polar surface area (TPSA) is 47.0 Å². The van der Waals surface area contributed by atoms with Gasteiger partial charge in [-0.1, -0.05) is 23.2 Å². The Kier molecular flexibility index (Phi) is 4.40. The fourth-order valence-corrected chi connectivity index (χ4v) is 5.63. The normalized spacial score (nSPS) is 13.4. The molecule has 5 rings (SSSR count). The van der Waals surface area contributed by atoms with Gasteiger partial charge in [0.1, 0.15) is 15.7 Å². The quantitative estimate of drug-likeness (QED) is 0.241. The van der Waals surface area contributed by atoms with Gasteiger partial charge in [-0.25, -0.2) is 9.37 Å². The van der Waals surface area contributed by atoms with Gasteiger partial charge in [0.25, 0.3) is 0 Å². The predicted molar refractivity (Wildman–Crippen MR) is 116 cm³/mol. The van der Waals surface area contributed by atoms with Gasteiger partial charge >= 0.3 is 0 Å². The third kappa shape index (κ3) is 3.13. The molecule has 0 saturated carbocycles. The summed E-state index contributed by atoms with van der Waals surface area (Å²) in [5.74, 6) is -1.02. The molecule has 0 N–H and O–H groups in total. The number of hydrogen-bond acceptors (Lipinski definition) is 5. The fourth-order valence-electron chi connectivity index (χ4n) is 3.13. The van der Waals surface area contributed by atoms with E-state index in [0.717, 1.165) is 25.0 Å². The standard InChI is InChI=1S/C21H8Cl2FNO2S2/c22-15-7-12-13(8-16(15)23)19(27)14(18(12)26)5-11-6-17-21(28-11)25-20(29-17)9-1-3-10(24)4-2-9/h1-8H. The number of carbonyl (C=O) groups is 2. The van der Waals surface area contributed by atoms with Crippen LogP contribution in [0, 0.1) is 5.82 Å². The molecular formula is C21H8Cl2FNO2S2. The molecule has 4 aromatic rings. The van der Waals surface area contributed by atoms with Gasteiger partial charge in [-0.3, -0.25) is 9.59 Å². The van der Waals surface area contributed by atoms with E-state index in [4.69, 9.17) is 23.2 Å². The minimum atomic E-state index is -0.361. The van der Waals surface area contributed by atoms with Crippen molar-refractivity contribution in [2.24, 2.45) is 0 Å². The summed E-state index contributed by atoms with van der Waals surface area (Å²) in [6.45, 7) is 0. The first-order valence-electron chi connectivity index (χ1n) is 8.37. The SMILES string of the molecule is O=C1C(=Cc2cc3sc(-c4ccc(F)cc4)nc3s2)C(=O)c2cc(Cl)c(Cl)cc21. The Labute approximate surface area is 182 Å². The fraction of sp³-hybridized carbons (Fsp3) is 0. The second kappa shape index (κ2) is 6.85. The average Bonchev–Trinajstić information content (AvgIpc) is 3.31. The van der Waals surface area contributed by atoms with E-state index in [1.54, 1.807) is 18.2 Å². The zero-order valence-corrected chi connectivity index (χ0v) is 17.5. The highest BCUT2D eigenvalue weighted by molar-refractivity contribution is 7.29. The van der Waals surface area contributed by atoms with Crippen LogP contribution in [0.5, 0.6) is 0 Å². The molecule has 0 amide bonds. The Bertz CT molecular complexity index is 1300. The summed E-state index contributed by atoms with van der Waals surface area (Å²) in [6.07, 6.45) is 1.59. The first kappa shape index (κ1) is 18.6. The largest absolute Gasteiger partial charge is 0.288 e. The van der Waals surface area contributed by atoms with E-state index in [9.17, 15) is 14.0 Å². The summed E-state index contributed by atoms with van der Waals surface area (Å²) in [6, 6.07) is 10.9. The van der Waals surface area contributed by atoms with Crippen LogP contribution in [-0.2, 0) is 0 Å². The van der Waals surface area contributed by atoms with Crippen LogP contribution in [0.25, 0.3) is 26.2 Å². The van der Waals surface area contributed by atoms with Crippen molar-refractivity contribution in [1.29, 1.82) is 0 Å². The lowest BCUT2D eigenvalue weighted by Gasteiger charge is -1.98. The van der Waals surface area contributed by atoms with Crippen molar-refractivity contribution in [1.82, 2.24) is 4.98 Å². The van der Waals surface area contributed by atoms with Gasteiger partial charge < -0.3 is 0 Å². The van der Waals surface area contributed by atoms with Crippen LogP contribution in [0.4, 0.5) is 4.39 Å². The molecule has 0 spiro atoms. The molecule has 0 saturated heterocycles. The molecule has 8 heteroatoms. The molecule has 0 bridgehead atoms. The van der Waals surface area contributed by atoms with Crippen molar-refractivity contribution in [3.05, 3.63) is 79.9 Å². The van der Waals surface area contributed by atoms with Crippen molar-refractivity contribution in [3.63, 3.8) is 0 Å². The number of hydrogen-bond donors (Lipinski definition) is 0. The van der Waals surface area contributed by atoms with Crippen LogP contribution in [0.2, 0.25) is 10.0 Å². The second-order valence-corrected chi connectivity index (χ2v) is 9.28. The Hall–Kier alpha value is -2.38. The lowest BCUT2D eigenvalue weighted by Crippen LogP contribution is -1.99. The lowest BCUT2D eigenvalue weighted by atomic mass is 10.1. The van der Waals surface area contributed by atoms with Crippen molar-refractivity contribution >= 4 is 73.0 Å². The predicted octanol–water partition coefficient (Wildman–Crippen LogP) is 6.93. The Morgan fingerprint density at radius 2 is 1.52 bits per heavy atom. The van der Waals surface area contributed by atoms with Gasteiger partial charge in [-0.05, 0) is 48.5 Å². The van der Waals surface area contributed by atoms with Crippen molar-refractivity contribution in [2.75, 3.05) is 0 Å². The maximum absolute atomic E-state index is 13.1. The van der Waals surface area contributed by atoms with E-state index < -0.39 is 0 Å². The molecule has 1 aliphatic rings. The van der Waals surface area contributed by atoms with E-state index in [-0.39, 0.29) is 44.1 Å². The number of aromatic nitrogens is 1. The molecular weight excluding hydrogens is 452 g/mol. The number of benzene rings is 2. The highest BCUT2D eigenvalue weighted by atomic mass is 35.5. The van der Waals surface area contributed by atoms with Gasteiger partial charge in [-0.15, -0.1) is 22.7 Å². The van der Waals surface area contributed by atoms with E-state index in [1.807, 2.05) is 6.07 Å². The number of nitrogens with zero attached hydrogens (tertiary/aromatic N) is 1. The summed E-state index contributed by atoms with van der Waals surface area (Å²) in [5.41, 5.74) is 1.47. The van der Waals surface area contributed by atoms with Crippen molar-refractivity contribution in [3.8, 4) is 10.6 Å². The van der Waals surface area contributed by atoms with Gasteiger partial charge in [0.15, 0.2) is 11.6 Å². The van der Waals surface area contributed by atoms with Crippen LogP contribution < -0.4 is 0 Å². The molecule has 2 aromatic carbocycles. The van der Waals surface area contributed by atoms with Gasteiger partial charge in [0.2, 0.25) is 0 Å². The Morgan fingerprint density at radius 1 is 0.897 bits per heavy atom.